The molecule has 0 saturated heterocycles. The van der Waals surface area contributed by atoms with Crippen molar-refractivity contribution in [2.75, 3.05) is 18.5 Å². The second-order valence-corrected chi connectivity index (χ2v) is 7.15. The van der Waals surface area contributed by atoms with Gasteiger partial charge in [0.25, 0.3) is 0 Å². The molecule has 1 aromatic heterocycles. The molecule has 0 bridgehead atoms. The minimum atomic E-state index is -4.72. The van der Waals surface area contributed by atoms with Crippen LogP contribution in [0.15, 0.2) is 30.3 Å². The van der Waals surface area contributed by atoms with E-state index in [1.54, 1.807) is 12.1 Å². The SMILES string of the molecule is Cc1cccc(NC(=O)Cn2c(C(F)(F)F)nc3cc4c(cc32)OCCCO4)c1C. The van der Waals surface area contributed by atoms with E-state index in [0.717, 1.165) is 15.7 Å². The van der Waals surface area contributed by atoms with Gasteiger partial charge in [-0.2, -0.15) is 13.2 Å². The zero-order chi connectivity index (χ0) is 21.5. The molecule has 9 heteroatoms. The van der Waals surface area contributed by atoms with Crippen LogP contribution >= 0.6 is 0 Å². The Morgan fingerprint density at radius 1 is 1.17 bits per heavy atom. The fraction of sp³-hybridized carbons (Fsp3) is 0.333. The number of rotatable bonds is 3. The van der Waals surface area contributed by atoms with Crippen LogP contribution in [-0.2, 0) is 17.5 Å². The first-order valence-electron chi connectivity index (χ1n) is 9.47. The van der Waals surface area contributed by atoms with Crippen LogP contribution in [0.1, 0.15) is 23.4 Å². The molecule has 1 amide bonds. The van der Waals surface area contributed by atoms with Crippen LogP contribution in [0.4, 0.5) is 18.9 Å². The molecule has 1 aliphatic heterocycles. The van der Waals surface area contributed by atoms with E-state index in [1.807, 2.05) is 19.9 Å². The van der Waals surface area contributed by atoms with Crippen LogP contribution in [-0.4, -0.2) is 28.7 Å². The first kappa shape index (κ1) is 20.1. The Bertz CT molecular complexity index is 1120. The molecule has 2 heterocycles. The topological polar surface area (TPSA) is 65.4 Å². The summed E-state index contributed by atoms with van der Waals surface area (Å²) in [5.74, 6) is -1.04. The molecule has 0 saturated carbocycles. The van der Waals surface area contributed by atoms with Crippen LogP contribution in [0, 0.1) is 13.8 Å². The fourth-order valence-electron chi connectivity index (χ4n) is 3.38. The van der Waals surface area contributed by atoms with Gasteiger partial charge in [0.2, 0.25) is 11.7 Å². The number of aryl methyl sites for hydroxylation is 1. The van der Waals surface area contributed by atoms with Gasteiger partial charge in [-0.1, -0.05) is 12.1 Å². The number of ether oxygens (including phenoxy) is 2. The molecule has 3 aromatic rings. The first-order chi connectivity index (χ1) is 14.2. The van der Waals surface area contributed by atoms with E-state index in [9.17, 15) is 18.0 Å². The van der Waals surface area contributed by atoms with Crippen LogP contribution in [0.2, 0.25) is 0 Å². The molecule has 4 rings (SSSR count). The second kappa shape index (κ2) is 7.55. The molecule has 0 aliphatic carbocycles. The largest absolute Gasteiger partial charge is 0.489 e. The summed E-state index contributed by atoms with van der Waals surface area (Å²) in [7, 11) is 0. The number of carbonyl (C=O) groups is 1. The van der Waals surface area contributed by atoms with Gasteiger partial charge < -0.3 is 19.4 Å². The molecule has 0 atom stereocenters. The molecule has 1 aliphatic rings. The number of nitrogens with one attached hydrogen (secondary N) is 1. The molecular weight excluding hydrogens is 399 g/mol. The summed E-state index contributed by atoms with van der Waals surface area (Å²) in [6, 6.07) is 8.25. The Labute approximate surface area is 170 Å². The van der Waals surface area contributed by atoms with Crippen molar-refractivity contribution < 1.29 is 27.4 Å². The third-order valence-corrected chi connectivity index (χ3v) is 5.05. The maximum Gasteiger partial charge on any atom is 0.449 e. The molecular formula is C21H20F3N3O3. The lowest BCUT2D eigenvalue weighted by Gasteiger charge is -2.14. The van der Waals surface area contributed by atoms with Crippen molar-refractivity contribution in [2.45, 2.75) is 33.0 Å². The van der Waals surface area contributed by atoms with Crippen molar-refractivity contribution in [1.29, 1.82) is 0 Å². The zero-order valence-electron chi connectivity index (χ0n) is 16.5. The van der Waals surface area contributed by atoms with Gasteiger partial charge in [-0.25, -0.2) is 4.98 Å². The molecule has 0 unspecified atom stereocenters. The van der Waals surface area contributed by atoms with Crippen molar-refractivity contribution in [1.82, 2.24) is 9.55 Å². The summed E-state index contributed by atoms with van der Waals surface area (Å²) in [6.45, 7) is 3.99. The maximum atomic E-state index is 13.6. The van der Waals surface area contributed by atoms with Crippen LogP contribution in [0.25, 0.3) is 11.0 Å². The van der Waals surface area contributed by atoms with Gasteiger partial charge in [0.05, 0.1) is 24.2 Å². The van der Waals surface area contributed by atoms with Crippen molar-refractivity contribution in [2.24, 2.45) is 0 Å². The van der Waals surface area contributed by atoms with E-state index in [-0.39, 0.29) is 11.0 Å². The average Bonchev–Trinajstić information content (AvgIpc) is 2.87. The van der Waals surface area contributed by atoms with Gasteiger partial charge in [-0.15, -0.1) is 0 Å². The number of amides is 1. The lowest BCUT2D eigenvalue weighted by Crippen LogP contribution is -2.23. The number of anilines is 1. The summed E-state index contributed by atoms with van der Waals surface area (Å²) in [5.41, 5.74) is 2.63. The van der Waals surface area contributed by atoms with E-state index in [0.29, 0.717) is 36.8 Å². The molecule has 0 radical (unpaired) electrons. The molecule has 0 spiro atoms. The van der Waals surface area contributed by atoms with E-state index >= 15 is 0 Å². The highest BCUT2D eigenvalue weighted by molar-refractivity contribution is 5.93. The third kappa shape index (κ3) is 3.79. The van der Waals surface area contributed by atoms with Crippen LogP contribution in [0.3, 0.4) is 0 Å². The van der Waals surface area contributed by atoms with Crippen LogP contribution in [0.5, 0.6) is 11.5 Å². The van der Waals surface area contributed by atoms with Gasteiger partial charge in [-0.3, -0.25) is 4.79 Å². The Morgan fingerprint density at radius 3 is 2.57 bits per heavy atom. The van der Waals surface area contributed by atoms with E-state index < -0.39 is 24.5 Å². The van der Waals surface area contributed by atoms with Gasteiger partial charge in [0.1, 0.15) is 6.54 Å². The lowest BCUT2D eigenvalue weighted by molar-refractivity contribution is -0.147. The number of hydrogen-bond acceptors (Lipinski definition) is 4. The average molecular weight is 419 g/mol. The predicted molar refractivity (Wildman–Crippen MR) is 105 cm³/mol. The molecule has 30 heavy (non-hydrogen) atoms. The summed E-state index contributed by atoms with van der Waals surface area (Å²) in [5, 5.41) is 2.69. The van der Waals surface area contributed by atoms with Crippen molar-refractivity contribution >= 4 is 22.6 Å². The number of carbonyl (C=O) groups excluding carboxylic acids is 1. The highest BCUT2D eigenvalue weighted by atomic mass is 19.4. The highest BCUT2D eigenvalue weighted by Gasteiger charge is 2.38. The number of aromatic nitrogens is 2. The number of nitrogens with zero attached hydrogens (tertiary/aromatic N) is 2. The predicted octanol–water partition coefficient (Wildman–Crippen LogP) is 4.47. The minimum Gasteiger partial charge on any atom is -0.489 e. The standard InChI is InChI=1S/C21H20F3N3O3/c1-12-5-3-6-14(13(12)2)25-19(28)11-27-16-10-18-17(29-7-4-8-30-18)9-15(16)26-20(27)21(22,23)24/h3,5-6,9-10H,4,7-8,11H2,1-2H3,(H,25,28). The lowest BCUT2D eigenvalue weighted by atomic mass is 10.1. The molecule has 158 valence electrons. The Kier molecular flexibility index (Phi) is 5.05. The Hall–Kier alpha value is -3.23. The normalized spacial score (nSPS) is 13.9. The van der Waals surface area contributed by atoms with Crippen LogP contribution < -0.4 is 14.8 Å². The summed E-state index contributed by atoms with van der Waals surface area (Å²) < 4.78 is 52.9. The summed E-state index contributed by atoms with van der Waals surface area (Å²) in [6.07, 6.45) is -4.06. The monoisotopic (exact) mass is 419 g/mol. The zero-order valence-corrected chi connectivity index (χ0v) is 16.5. The van der Waals surface area contributed by atoms with E-state index in [2.05, 4.69) is 10.3 Å². The van der Waals surface area contributed by atoms with E-state index in [1.165, 1.54) is 12.1 Å². The smallest absolute Gasteiger partial charge is 0.449 e. The quantitative estimate of drug-likeness (QED) is 0.680. The number of hydrogen-bond donors (Lipinski definition) is 1. The number of alkyl halides is 3. The number of benzene rings is 2. The maximum absolute atomic E-state index is 13.6. The Morgan fingerprint density at radius 2 is 1.87 bits per heavy atom. The van der Waals surface area contributed by atoms with Gasteiger partial charge in [-0.05, 0) is 31.0 Å². The second-order valence-electron chi connectivity index (χ2n) is 7.15. The summed E-state index contributed by atoms with van der Waals surface area (Å²) in [4.78, 5) is 16.4. The number of halogens is 3. The van der Waals surface area contributed by atoms with Crippen molar-refractivity contribution in [3.63, 3.8) is 0 Å². The third-order valence-electron chi connectivity index (χ3n) is 5.05. The highest BCUT2D eigenvalue weighted by Crippen LogP contribution is 2.37. The summed E-state index contributed by atoms with van der Waals surface area (Å²) >= 11 is 0. The van der Waals surface area contributed by atoms with Crippen molar-refractivity contribution in [3.05, 3.63) is 47.3 Å². The minimum absolute atomic E-state index is 0.0890. The van der Waals surface area contributed by atoms with Gasteiger partial charge in [0.15, 0.2) is 11.5 Å². The van der Waals surface area contributed by atoms with E-state index in [4.69, 9.17) is 9.47 Å². The molecule has 2 aromatic carbocycles. The molecule has 0 fully saturated rings. The fourth-order valence-corrected chi connectivity index (χ4v) is 3.38. The van der Waals surface area contributed by atoms with Crippen molar-refractivity contribution in [3.8, 4) is 11.5 Å². The number of fused-ring (bicyclic) bond motifs is 2. The Balaban J connectivity index is 1.73. The van der Waals surface area contributed by atoms with Gasteiger partial charge in [0, 0.05) is 24.2 Å². The van der Waals surface area contributed by atoms with Gasteiger partial charge >= 0.3 is 6.18 Å². The first-order valence-corrected chi connectivity index (χ1v) is 9.47. The number of imidazole rings is 1. The molecule has 6 nitrogen and oxygen atoms in total. The molecule has 1 N–H and O–H groups in total.